The van der Waals surface area contributed by atoms with Gasteiger partial charge in [-0.05, 0) is 52.9 Å². The Balaban J connectivity index is 1.63. The van der Waals surface area contributed by atoms with Crippen LogP contribution in [0.5, 0.6) is 17.2 Å². The normalized spacial score (nSPS) is 12.2. The standard InChI is InChI=1S/C18H16INO6/c1-23-14-7-11(8-15-17(14)25-6-5-24-15)18(22)26-10-16(21)20-13-4-2-3-12(19)9-13/h2-4,7-9H,5-6,10H2,1H3,(H,20,21). The largest absolute Gasteiger partial charge is 0.493 e. The van der Waals surface area contributed by atoms with Gasteiger partial charge in [0.15, 0.2) is 18.1 Å². The zero-order valence-corrected chi connectivity index (χ0v) is 16.1. The summed E-state index contributed by atoms with van der Waals surface area (Å²) in [6, 6.07) is 10.3. The number of ether oxygens (including phenoxy) is 4. The highest BCUT2D eigenvalue weighted by Gasteiger charge is 2.22. The molecule has 136 valence electrons. The van der Waals surface area contributed by atoms with Crippen LogP contribution in [0.15, 0.2) is 36.4 Å². The van der Waals surface area contributed by atoms with Crippen LogP contribution in [0.4, 0.5) is 5.69 Å². The van der Waals surface area contributed by atoms with Crippen molar-refractivity contribution in [1.29, 1.82) is 0 Å². The number of carbonyl (C=O) groups is 2. The lowest BCUT2D eigenvalue weighted by Gasteiger charge is -2.21. The van der Waals surface area contributed by atoms with Crippen molar-refractivity contribution in [1.82, 2.24) is 0 Å². The van der Waals surface area contributed by atoms with Crippen LogP contribution in [0.25, 0.3) is 0 Å². The van der Waals surface area contributed by atoms with Crippen LogP contribution in [0.1, 0.15) is 10.4 Å². The molecule has 0 aliphatic carbocycles. The van der Waals surface area contributed by atoms with Crippen molar-refractivity contribution in [2.45, 2.75) is 0 Å². The first-order valence-corrected chi connectivity index (χ1v) is 8.85. The smallest absolute Gasteiger partial charge is 0.338 e. The van der Waals surface area contributed by atoms with Crippen molar-refractivity contribution in [2.75, 3.05) is 32.2 Å². The Morgan fingerprint density at radius 2 is 2.00 bits per heavy atom. The fourth-order valence-electron chi connectivity index (χ4n) is 2.37. The lowest BCUT2D eigenvalue weighted by molar-refractivity contribution is -0.119. The number of halogens is 1. The molecule has 0 spiro atoms. The third kappa shape index (κ3) is 4.37. The lowest BCUT2D eigenvalue weighted by atomic mass is 10.1. The predicted molar refractivity (Wildman–Crippen MR) is 102 cm³/mol. The molecule has 1 N–H and O–H groups in total. The van der Waals surface area contributed by atoms with E-state index in [2.05, 4.69) is 27.9 Å². The lowest BCUT2D eigenvalue weighted by Crippen LogP contribution is -2.21. The zero-order chi connectivity index (χ0) is 18.5. The highest BCUT2D eigenvalue weighted by molar-refractivity contribution is 14.1. The van der Waals surface area contributed by atoms with Crippen molar-refractivity contribution < 1.29 is 28.5 Å². The molecule has 0 saturated heterocycles. The van der Waals surface area contributed by atoms with Gasteiger partial charge in [0.25, 0.3) is 5.91 Å². The molecule has 26 heavy (non-hydrogen) atoms. The minimum absolute atomic E-state index is 0.216. The summed E-state index contributed by atoms with van der Waals surface area (Å²) in [6.45, 7) is 0.389. The quantitative estimate of drug-likeness (QED) is 0.536. The van der Waals surface area contributed by atoms with Crippen LogP contribution in [-0.4, -0.2) is 38.8 Å². The fourth-order valence-corrected chi connectivity index (χ4v) is 2.91. The second kappa shape index (κ2) is 8.26. The highest BCUT2D eigenvalue weighted by Crippen LogP contribution is 2.40. The van der Waals surface area contributed by atoms with Crippen molar-refractivity contribution >= 4 is 40.2 Å². The molecule has 1 amide bonds. The fraction of sp³-hybridized carbons (Fsp3) is 0.222. The van der Waals surface area contributed by atoms with E-state index in [9.17, 15) is 9.59 Å². The first kappa shape index (κ1) is 18.3. The molecule has 8 heteroatoms. The first-order chi connectivity index (χ1) is 12.6. The molecule has 7 nitrogen and oxygen atoms in total. The number of carbonyl (C=O) groups excluding carboxylic acids is 2. The Morgan fingerprint density at radius 1 is 1.19 bits per heavy atom. The molecular weight excluding hydrogens is 453 g/mol. The minimum Gasteiger partial charge on any atom is -0.493 e. The molecular formula is C18H16INO6. The Bertz CT molecular complexity index is 821. The van der Waals surface area contributed by atoms with Gasteiger partial charge in [0.05, 0.1) is 12.7 Å². The summed E-state index contributed by atoms with van der Waals surface area (Å²) in [7, 11) is 1.47. The van der Waals surface area contributed by atoms with E-state index in [0.29, 0.717) is 36.1 Å². The zero-order valence-electron chi connectivity index (χ0n) is 13.9. The monoisotopic (exact) mass is 469 g/mol. The molecule has 2 aromatic carbocycles. The summed E-state index contributed by atoms with van der Waals surface area (Å²) in [4.78, 5) is 24.2. The predicted octanol–water partition coefficient (Wildman–Crippen LogP) is 2.87. The number of fused-ring (bicyclic) bond motifs is 1. The summed E-state index contributed by atoms with van der Waals surface area (Å²) in [5.74, 6) is 0.151. The number of amides is 1. The Labute approximate surface area is 163 Å². The maximum Gasteiger partial charge on any atom is 0.338 e. The van der Waals surface area contributed by atoms with E-state index in [-0.39, 0.29) is 5.56 Å². The van der Waals surface area contributed by atoms with E-state index >= 15 is 0 Å². The van der Waals surface area contributed by atoms with E-state index in [1.165, 1.54) is 19.2 Å². The maximum atomic E-state index is 12.3. The Morgan fingerprint density at radius 3 is 2.77 bits per heavy atom. The number of anilines is 1. The van der Waals surface area contributed by atoms with E-state index in [1.54, 1.807) is 6.07 Å². The molecule has 0 unspecified atom stereocenters. The summed E-state index contributed by atoms with van der Waals surface area (Å²) >= 11 is 2.14. The van der Waals surface area contributed by atoms with E-state index in [4.69, 9.17) is 18.9 Å². The minimum atomic E-state index is -0.655. The average Bonchev–Trinajstić information content (AvgIpc) is 2.65. The second-order valence-electron chi connectivity index (χ2n) is 5.34. The molecule has 2 aromatic rings. The van der Waals surface area contributed by atoms with Crippen LogP contribution in [-0.2, 0) is 9.53 Å². The van der Waals surface area contributed by atoms with Gasteiger partial charge in [-0.2, -0.15) is 0 Å². The van der Waals surface area contributed by atoms with E-state index in [1.807, 2.05) is 18.2 Å². The second-order valence-corrected chi connectivity index (χ2v) is 6.58. The van der Waals surface area contributed by atoms with Gasteiger partial charge in [-0.25, -0.2) is 4.79 Å². The molecule has 0 atom stereocenters. The Hall–Kier alpha value is -2.49. The van der Waals surface area contributed by atoms with Crippen LogP contribution in [0.3, 0.4) is 0 Å². The van der Waals surface area contributed by atoms with Crippen molar-refractivity contribution in [3.05, 3.63) is 45.5 Å². The van der Waals surface area contributed by atoms with Gasteiger partial charge in [0, 0.05) is 9.26 Å². The van der Waals surface area contributed by atoms with Gasteiger partial charge < -0.3 is 24.3 Å². The number of nitrogens with one attached hydrogen (secondary N) is 1. The highest BCUT2D eigenvalue weighted by atomic mass is 127. The van der Waals surface area contributed by atoms with Crippen molar-refractivity contribution in [3.63, 3.8) is 0 Å². The van der Waals surface area contributed by atoms with Crippen LogP contribution >= 0.6 is 22.6 Å². The third-order valence-corrected chi connectivity index (χ3v) is 4.18. The number of hydrogen-bond acceptors (Lipinski definition) is 6. The van der Waals surface area contributed by atoms with Crippen molar-refractivity contribution in [3.8, 4) is 17.2 Å². The van der Waals surface area contributed by atoms with Gasteiger partial charge in [-0.3, -0.25) is 4.79 Å². The first-order valence-electron chi connectivity index (χ1n) is 7.77. The van der Waals surface area contributed by atoms with Crippen LogP contribution in [0, 0.1) is 3.57 Å². The van der Waals surface area contributed by atoms with Crippen LogP contribution in [0.2, 0.25) is 0 Å². The molecule has 1 aliphatic heterocycles. The Kier molecular flexibility index (Phi) is 5.82. The number of methoxy groups -OCH3 is 1. The maximum absolute atomic E-state index is 12.3. The molecule has 0 aromatic heterocycles. The van der Waals surface area contributed by atoms with Gasteiger partial charge >= 0.3 is 5.97 Å². The number of hydrogen-bond donors (Lipinski definition) is 1. The molecule has 1 aliphatic rings. The molecule has 0 saturated carbocycles. The van der Waals surface area contributed by atoms with Gasteiger partial charge in [-0.1, -0.05) is 6.07 Å². The summed E-state index contributed by atoms with van der Waals surface area (Å²) in [5, 5.41) is 2.67. The SMILES string of the molecule is COc1cc(C(=O)OCC(=O)Nc2cccc(I)c2)cc2c1OCCO2. The summed E-state index contributed by atoms with van der Waals surface area (Å²) in [6.07, 6.45) is 0. The topological polar surface area (TPSA) is 83.1 Å². The van der Waals surface area contributed by atoms with Crippen LogP contribution < -0.4 is 19.5 Å². The molecule has 0 bridgehead atoms. The van der Waals surface area contributed by atoms with E-state index < -0.39 is 18.5 Å². The molecule has 0 fully saturated rings. The summed E-state index contributed by atoms with van der Waals surface area (Å²) in [5.41, 5.74) is 0.854. The van der Waals surface area contributed by atoms with E-state index in [0.717, 1.165) is 3.57 Å². The number of esters is 1. The van der Waals surface area contributed by atoms with Gasteiger partial charge in [-0.15, -0.1) is 0 Å². The molecule has 0 radical (unpaired) electrons. The van der Waals surface area contributed by atoms with Crippen molar-refractivity contribution in [2.24, 2.45) is 0 Å². The molecule has 1 heterocycles. The summed E-state index contributed by atoms with van der Waals surface area (Å²) < 4.78 is 22.3. The molecule has 3 rings (SSSR count). The number of rotatable bonds is 5. The van der Waals surface area contributed by atoms with Gasteiger partial charge in [0.1, 0.15) is 13.2 Å². The average molecular weight is 469 g/mol. The number of benzene rings is 2. The third-order valence-electron chi connectivity index (χ3n) is 3.51. The van der Waals surface area contributed by atoms with Gasteiger partial charge in [0.2, 0.25) is 5.75 Å².